The third kappa shape index (κ3) is 34.6. The Bertz CT molecular complexity index is 957. The number of rotatable bonds is 15. The maximum atomic E-state index is 8.75. The molecule has 270 valence electrons. The number of amidine groups is 1. The first-order chi connectivity index (χ1) is 22.6. The Morgan fingerprint density at radius 2 is 1.11 bits per heavy atom. The lowest BCUT2D eigenvalue weighted by atomic mass is 10.3. The summed E-state index contributed by atoms with van der Waals surface area (Å²) < 4.78 is 0. The second kappa shape index (κ2) is 37.5. The average molecular weight is 870 g/mol. The van der Waals surface area contributed by atoms with Crippen LogP contribution in [-0.4, -0.2) is 97.3 Å². The summed E-state index contributed by atoms with van der Waals surface area (Å²) in [5, 5.41) is 20.5. The monoisotopic (exact) mass is 868 g/mol. The van der Waals surface area contributed by atoms with E-state index in [4.69, 9.17) is 22.4 Å². The molecule has 4 nitrogen and oxygen atoms in total. The van der Waals surface area contributed by atoms with Gasteiger partial charge in [-0.25, -0.2) is 0 Å². The van der Waals surface area contributed by atoms with Crippen molar-refractivity contribution in [3.8, 4) is 0 Å². The number of hydrogen-bond donors (Lipinski definition) is 11. The van der Waals surface area contributed by atoms with Crippen molar-refractivity contribution in [1.29, 1.82) is 0 Å². The number of hydrogen-bond acceptors (Lipinski definition) is 15. The molecule has 0 amide bonds. The molecule has 1 aliphatic rings. The van der Waals surface area contributed by atoms with Gasteiger partial charge in [0.2, 0.25) is 0 Å². The van der Waals surface area contributed by atoms with Crippen LogP contribution in [0.4, 0.5) is 0 Å². The molecule has 0 aliphatic carbocycles. The zero-order valence-electron chi connectivity index (χ0n) is 26.7. The number of thiocarbonyl (C=S) groups is 1. The highest BCUT2D eigenvalue weighted by Gasteiger charge is 2.11. The molecule has 0 radical (unpaired) electrons. The summed E-state index contributed by atoms with van der Waals surface area (Å²) in [6.45, 7) is 2.78. The van der Waals surface area contributed by atoms with Gasteiger partial charge in [0.25, 0.3) is 0 Å². The molecule has 1 heterocycles. The van der Waals surface area contributed by atoms with Crippen LogP contribution in [0.2, 0.25) is 0 Å². The minimum atomic E-state index is -0.740. The van der Waals surface area contributed by atoms with E-state index >= 15 is 0 Å². The van der Waals surface area contributed by atoms with E-state index in [1.165, 1.54) is 34.1 Å². The minimum Gasteiger partial charge on any atom is -0.390 e. The molecule has 47 heavy (non-hydrogen) atoms. The molecule has 3 N–H and O–H groups in total. The molecule has 0 saturated heterocycles. The van der Waals surface area contributed by atoms with Gasteiger partial charge < -0.3 is 15.5 Å². The third-order valence-electron chi connectivity index (χ3n) is 5.10. The first-order valence-corrected chi connectivity index (χ1v) is 23.0. The van der Waals surface area contributed by atoms with Crippen molar-refractivity contribution < 1.29 is 10.2 Å². The van der Waals surface area contributed by atoms with Crippen LogP contribution < -0.4 is 5.32 Å². The Kier molecular flexibility index (Phi) is 40.6. The second-order valence-electron chi connectivity index (χ2n) is 9.18. The van der Waals surface area contributed by atoms with Gasteiger partial charge in [0, 0.05) is 55.6 Å². The van der Waals surface area contributed by atoms with Crippen molar-refractivity contribution in [3.05, 3.63) is 48.5 Å². The number of nitrogens with zero attached hydrogens (tertiary/aromatic N) is 1. The molecule has 0 bridgehead atoms. The van der Waals surface area contributed by atoms with E-state index in [1.807, 2.05) is 54.7 Å². The lowest BCUT2D eigenvalue weighted by Gasteiger charge is -2.11. The van der Waals surface area contributed by atoms with Gasteiger partial charge in [0.15, 0.2) is 0 Å². The molecule has 2 aromatic rings. The van der Waals surface area contributed by atoms with E-state index in [0.29, 0.717) is 0 Å². The number of thiol groups is 8. The first kappa shape index (κ1) is 50.9. The van der Waals surface area contributed by atoms with E-state index in [1.54, 1.807) is 11.8 Å². The van der Waals surface area contributed by atoms with E-state index < -0.39 is 12.2 Å². The van der Waals surface area contributed by atoms with Crippen LogP contribution in [0.1, 0.15) is 26.2 Å². The van der Waals surface area contributed by atoms with Crippen molar-refractivity contribution >= 4 is 159 Å². The largest absolute Gasteiger partial charge is 0.390 e. The van der Waals surface area contributed by atoms with Crippen molar-refractivity contribution in [2.45, 2.75) is 58.0 Å². The Morgan fingerprint density at radius 1 is 0.702 bits per heavy atom. The second-order valence-corrected chi connectivity index (χ2v) is 16.8. The molecule has 2 unspecified atom stereocenters. The molecule has 2 atom stereocenters. The molecule has 1 aliphatic heterocycles. The normalized spacial score (nSPS) is 13.0. The van der Waals surface area contributed by atoms with Gasteiger partial charge in [0.05, 0.1) is 23.0 Å². The van der Waals surface area contributed by atoms with Gasteiger partial charge in [-0.15, -0.1) is 25.3 Å². The van der Waals surface area contributed by atoms with Crippen LogP contribution >= 0.6 is 149 Å². The Balaban J connectivity index is 0. The SMILES string of the molecule is CC1=NCCC(=S)N1.OC(CS)C(O)CS.SCCCSCCCS.SCCSCCS.Sc1ccc(Sc2ccc(S)cc2)cc1. The van der Waals surface area contributed by atoms with Gasteiger partial charge in [-0.2, -0.15) is 99.3 Å². The average Bonchev–Trinajstić information content (AvgIpc) is 3.07. The molecule has 0 aromatic heterocycles. The molecular formula is C31H52N2O2S12. The maximum Gasteiger partial charge on any atom is 0.0979 e. The summed E-state index contributed by atoms with van der Waals surface area (Å²) in [4.78, 5) is 9.44. The molecule has 0 spiro atoms. The summed E-state index contributed by atoms with van der Waals surface area (Å²) in [5.74, 6) is 10.4. The molecule has 0 fully saturated rings. The number of thioether (sulfide) groups is 2. The van der Waals surface area contributed by atoms with E-state index in [2.05, 4.69) is 136 Å². The quantitative estimate of drug-likeness (QED) is 0.0499. The first-order valence-electron chi connectivity index (χ1n) is 14.8. The number of nitrogens with one attached hydrogen (secondary N) is 1. The predicted octanol–water partition coefficient (Wildman–Crippen LogP) is 8.65. The summed E-state index contributed by atoms with van der Waals surface area (Å²) in [7, 11) is 0. The highest BCUT2D eigenvalue weighted by molar-refractivity contribution is 8.00. The summed E-state index contributed by atoms with van der Waals surface area (Å²) in [6.07, 6.45) is 1.90. The molecule has 16 heteroatoms. The van der Waals surface area contributed by atoms with E-state index in [0.717, 1.165) is 68.1 Å². The Morgan fingerprint density at radius 3 is 1.40 bits per heavy atom. The fraction of sp³-hybridized carbons (Fsp3) is 0.548. The smallest absolute Gasteiger partial charge is 0.0979 e. The van der Waals surface area contributed by atoms with E-state index in [9.17, 15) is 0 Å². The maximum absolute atomic E-state index is 8.75. The summed E-state index contributed by atoms with van der Waals surface area (Å²) in [6, 6.07) is 16.3. The van der Waals surface area contributed by atoms with Crippen LogP contribution in [0, 0.1) is 0 Å². The lowest BCUT2D eigenvalue weighted by Crippen LogP contribution is -2.31. The summed E-state index contributed by atoms with van der Waals surface area (Å²) >= 11 is 42.9. The highest BCUT2D eigenvalue weighted by atomic mass is 32.2. The third-order valence-corrected chi connectivity index (χ3v) is 11.6. The van der Waals surface area contributed by atoms with Gasteiger partial charge in [-0.05, 0) is 103 Å². The predicted molar refractivity (Wildman–Crippen MR) is 249 cm³/mol. The fourth-order valence-corrected chi connectivity index (χ4v) is 7.43. The number of benzene rings is 2. The van der Waals surface area contributed by atoms with Crippen molar-refractivity contribution in [1.82, 2.24) is 5.32 Å². The molecule has 0 saturated carbocycles. The van der Waals surface area contributed by atoms with E-state index in [-0.39, 0.29) is 11.5 Å². The van der Waals surface area contributed by atoms with Gasteiger partial charge in [-0.1, -0.05) is 24.0 Å². The topological polar surface area (TPSA) is 64.9 Å². The van der Waals surface area contributed by atoms with Crippen LogP contribution in [0.5, 0.6) is 0 Å². The zero-order valence-corrected chi connectivity index (χ0v) is 37.1. The Labute approximate surface area is 346 Å². The van der Waals surface area contributed by atoms with Crippen LogP contribution in [-0.2, 0) is 0 Å². The number of aliphatic hydroxyl groups is 2. The van der Waals surface area contributed by atoms with Crippen molar-refractivity contribution in [3.63, 3.8) is 0 Å². The summed E-state index contributed by atoms with van der Waals surface area (Å²) in [5.41, 5.74) is 0. The lowest BCUT2D eigenvalue weighted by molar-refractivity contribution is 0.0504. The Hall–Kier alpha value is 1.77. The van der Waals surface area contributed by atoms with Gasteiger partial charge in [0.1, 0.15) is 0 Å². The number of aliphatic hydroxyl groups excluding tert-OH is 2. The van der Waals surface area contributed by atoms with Crippen molar-refractivity contribution in [2.24, 2.45) is 4.99 Å². The highest BCUT2D eigenvalue weighted by Crippen LogP contribution is 2.28. The minimum absolute atomic E-state index is 0.279. The fourth-order valence-electron chi connectivity index (χ4n) is 2.70. The van der Waals surface area contributed by atoms with Crippen LogP contribution in [0.25, 0.3) is 0 Å². The van der Waals surface area contributed by atoms with Crippen LogP contribution in [0.3, 0.4) is 0 Å². The van der Waals surface area contributed by atoms with Gasteiger partial charge in [-0.3, -0.25) is 4.99 Å². The standard InChI is InChI=1S/C12H10S3.C6H14S3.C5H8N2S.C4H10O2S2.C4H10S3/c13-9-1-5-11(6-2-9)15-12-7-3-10(14)4-8-12;7-3-1-5-9-6-2-4-8;1-4-6-3-2-5(8)7-4;5-3(1-7)4(6)2-8;5-1-3-7-4-2-6/h1-8,13-14H;7-8H,1-6H2;2-3H2,1H3,(H,6,7,8);3-8H,1-2H2;5-6H,1-4H2. The molecular weight excluding hydrogens is 817 g/mol. The molecule has 2 aromatic carbocycles. The zero-order chi connectivity index (χ0) is 35.7. The molecule has 3 rings (SSSR count). The van der Waals surface area contributed by atoms with Gasteiger partial charge >= 0.3 is 0 Å². The van der Waals surface area contributed by atoms with Crippen LogP contribution in [0.15, 0.2) is 73.1 Å². The van der Waals surface area contributed by atoms with Crippen molar-refractivity contribution in [2.75, 3.05) is 64.1 Å². The number of aliphatic imine (C=N–C) groups is 1.